The van der Waals surface area contributed by atoms with Crippen molar-refractivity contribution in [3.63, 3.8) is 0 Å². The van der Waals surface area contributed by atoms with Crippen LogP contribution in [-0.4, -0.2) is 29.3 Å². The molecule has 0 amide bonds. The molecule has 1 saturated heterocycles. The quantitative estimate of drug-likeness (QED) is 0.777. The van der Waals surface area contributed by atoms with E-state index in [0.29, 0.717) is 10.6 Å². The zero-order chi connectivity index (χ0) is 14.0. The molecule has 1 aliphatic heterocycles. The minimum Gasteiger partial charge on any atom is -0.292 e. The minimum absolute atomic E-state index is 0.163. The van der Waals surface area contributed by atoms with Crippen LogP contribution in [0.15, 0.2) is 18.2 Å². The van der Waals surface area contributed by atoms with E-state index in [1.54, 1.807) is 6.07 Å². The maximum atomic E-state index is 12.7. The molecule has 0 saturated carbocycles. The Morgan fingerprint density at radius 1 is 1.21 bits per heavy atom. The van der Waals surface area contributed by atoms with E-state index in [4.69, 9.17) is 11.6 Å². The number of halogens is 1. The third-order valence-electron chi connectivity index (χ3n) is 4.14. The molecule has 19 heavy (non-hydrogen) atoms. The van der Waals surface area contributed by atoms with Crippen LogP contribution in [0, 0.1) is 6.92 Å². The van der Waals surface area contributed by atoms with Crippen molar-refractivity contribution in [1.29, 1.82) is 0 Å². The third kappa shape index (κ3) is 3.01. The van der Waals surface area contributed by atoms with Gasteiger partial charge in [0.25, 0.3) is 0 Å². The average molecular weight is 280 g/mol. The van der Waals surface area contributed by atoms with Gasteiger partial charge < -0.3 is 0 Å². The minimum atomic E-state index is -0.445. The van der Waals surface area contributed by atoms with Gasteiger partial charge in [0.05, 0.1) is 5.54 Å². The SMILES string of the molecule is Cc1ccc(C(=O)C(C)(C)N2CCCCC2)cc1Cl. The van der Waals surface area contributed by atoms with Crippen molar-refractivity contribution in [2.45, 2.75) is 45.6 Å². The van der Waals surface area contributed by atoms with E-state index in [0.717, 1.165) is 18.7 Å². The molecule has 0 bridgehead atoms. The summed E-state index contributed by atoms with van der Waals surface area (Å²) in [5, 5.41) is 0.667. The number of Topliss-reactive ketones (excluding diaryl/α,β-unsaturated/α-hetero) is 1. The predicted octanol–water partition coefficient (Wildman–Crippen LogP) is 4.10. The van der Waals surface area contributed by atoms with E-state index in [2.05, 4.69) is 4.90 Å². The zero-order valence-corrected chi connectivity index (χ0v) is 12.8. The molecule has 2 rings (SSSR count). The molecule has 0 N–H and O–H groups in total. The maximum absolute atomic E-state index is 12.7. The Bertz CT molecular complexity index is 476. The van der Waals surface area contributed by atoms with Gasteiger partial charge in [-0.2, -0.15) is 0 Å². The summed E-state index contributed by atoms with van der Waals surface area (Å²) in [6.45, 7) is 8.02. The van der Waals surface area contributed by atoms with Gasteiger partial charge in [0.15, 0.2) is 5.78 Å². The van der Waals surface area contributed by atoms with E-state index >= 15 is 0 Å². The summed E-state index contributed by atoms with van der Waals surface area (Å²) in [5.74, 6) is 0.163. The number of aryl methyl sites for hydroxylation is 1. The van der Waals surface area contributed by atoms with E-state index in [1.165, 1.54) is 19.3 Å². The summed E-state index contributed by atoms with van der Waals surface area (Å²) >= 11 is 6.13. The molecule has 2 nitrogen and oxygen atoms in total. The average Bonchev–Trinajstić information content (AvgIpc) is 2.42. The summed E-state index contributed by atoms with van der Waals surface area (Å²) in [6, 6.07) is 5.60. The number of piperidine rings is 1. The van der Waals surface area contributed by atoms with Crippen molar-refractivity contribution in [2.75, 3.05) is 13.1 Å². The second kappa shape index (κ2) is 5.64. The number of likely N-dealkylation sites (tertiary alicyclic amines) is 1. The molecule has 0 radical (unpaired) electrons. The Balaban J connectivity index is 2.23. The second-order valence-corrected chi connectivity index (χ2v) is 6.31. The van der Waals surface area contributed by atoms with Crippen LogP contribution < -0.4 is 0 Å². The van der Waals surface area contributed by atoms with Gasteiger partial charge in [-0.25, -0.2) is 0 Å². The van der Waals surface area contributed by atoms with Gasteiger partial charge in [0.1, 0.15) is 0 Å². The van der Waals surface area contributed by atoms with Crippen LogP contribution in [0.4, 0.5) is 0 Å². The predicted molar refractivity (Wildman–Crippen MR) is 80.0 cm³/mol. The fourth-order valence-electron chi connectivity index (χ4n) is 2.68. The first-order valence-electron chi connectivity index (χ1n) is 6.99. The molecule has 0 atom stereocenters. The lowest BCUT2D eigenvalue weighted by molar-refractivity contribution is 0.0579. The number of nitrogens with zero attached hydrogens (tertiary/aromatic N) is 1. The molecule has 0 aromatic heterocycles. The van der Waals surface area contributed by atoms with Crippen molar-refractivity contribution in [1.82, 2.24) is 4.90 Å². The molecule has 1 heterocycles. The van der Waals surface area contributed by atoms with Gasteiger partial charge in [-0.3, -0.25) is 9.69 Å². The number of hydrogen-bond acceptors (Lipinski definition) is 2. The standard InChI is InChI=1S/C16H22ClNO/c1-12-7-8-13(11-14(12)17)15(19)16(2,3)18-9-5-4-6-10-18/h7-8,11H,4-6,9-10H2,1-3H3. The fraction of sp³-hybridized carbons (Fsp3) is 0.562. The molecule has 3 heteroatoms. The Morgan fingerprint density at radius 2 is 1.84 bits per heavy atom. The van der Waals surface area contributed by atoms with Crippen LogP contribution in [0.2, 0.25) is 5.02 Å². The molecule has 104 valence electrons. The van der Waals surface area contributed by atoms with E-state index in [-0.39, 0.29) is 5.78 Å². The molecule has 1 fully saturated rings. The summed E-state index contributed by atoms with van der Waals surface area (Å²) in [5.41, 5.74) is 1.28. The molecular formula is C16H22ClNO. The van der Waals surface area contributed by atoms with Crippen molar-refractivity contribution in [3.8, 4) is 0 Å². The molecule has 0 aliphatic carbocycles. The zero-order valence-electron chi connectivity index (χ0n) is 12.0. The lowest BCUT2D eigenvalue weighted by atomic mass is 9.89. The largest absolute Gasteiger partial charge is 0.292 e. The van der Waals surface area contributed by atoms with Crippen molar-refractivity contribution in [3.05, 3.63) is 34.3 Å². The molecule has 0 unspecified atom stereocenters. The van der Waals surface area contributed by atoms with Gasteiger partial charge >= 0.3 is 0 Å². The Morgan fingerprint density at radius 3 is 2.42 bits per heavy atom. The maximum Gasteiger partial charge on any atom is 0.182 e. The lowest BCUT2D eigenvalue weighted by Gasteiger charge is -2.39. The van der Waals surface area contributed by atoms with Crippen molar-refractivity contribution < 1.29 is 4.79 Å². The first-order valence-corrected chi connectivity index (χ1v) is 7.37. The first-order chi connectivity index (χ1) is 8.93. The topological polar surface area (TPSA) is 20.3 Å². The highest BCUT2D eigenvalue weighted by molar-refractivity contribution is 6.31. The molecule has 0 spiro atoms. The van der Waals surface area contributed by atoms with Crippen LogP contribution in [0.25, 0.3) is 0 Å². The first kappa shape index (κ1) is 14.5. The van der Waals surface area contributed by atoms with Crippen LogP contribution in [0.1, 0.15) is 49.0 Å². The number of rotatable bonds is 3. The normalized spacial score (nSPS) is 17.5. The number of carbonyl (C=O) groups excluding carboxylic acids is 1. The van der Waals surface area contributed by atoms with Crippen LogP contribution >= 0.6 is 11.6 Å². The number of benzene rings is 1. The summed E-state index contributed by atoms with van der Waals surface area (Å²) < 4.78 is 0. The number of ketones is 1. The second-order valence-electron chi connectivity index (χ2n) is 5.90. The number of hydrogen-bond donors (Lipinski definition) is 0. The van der Waals surface area contributed by atoms with Crippen molar-refractivity contribution in [2.24, 2.45) is 0 Å². The lowest BCUT2D eigenvalue weighted by Crippen LogP contribution is -2.52. The van der Waals surface area contributed by atoms with Gasteiger partial charge in [-0.05, 0) is 58.3 Å². The van der Waals surface area contributed by atoms with Crippen molar-refractivity contribution >= 4 is 17.4 Å². The molecule has 1 aromatic rings. The van der Waals surface area contributed by atoms with Gasteiger partial charge in [-0.1, -0.05) is 30.2 Å². The Hall–Kier alpha value is -0.860. The summed E-state index contributed by atoms with van der Waals surface area (Å²) in [6.07, 6.45) is 3.65. The summed E-state index contributed by atoms with van der Waals surface area (Å²) in [4.78, 5) is 15.0. The van der Waals surface area contributed by atoms with Gasteiger partial charge in [0.2, 0.25) is 0 Å². The smallest absolute Gasteiger partial charge is 0.182 e. The van der Waals surface area contributed by atoms with E-state index < -0.39 is 5.54 Å². The van der Waals surface area contributed by atoms with Gasteiger partial charge in [-0.15, -0.1) is 0 Å². The monoisotopic (exact) mass is 279 g/mol. The summed E-state index contributed by atoms with van der Waals surface area (Å²) in [7, 11) is 0. The Labute approximate surface area is 120 Å². The van der Waals surface area contributed by atoms with Crippen LogP contribution in [0.3, 0.4) is 0 Å². The number of carbonyl (C=O) groups is 1. The highest BCUT2D eigenvalue weighted by Gasteiger charge is 2.35. The van der Waals surface area contributed by atoms with E-state index in [1.807, 2.05) is 32.9 Å². The highest BCUT2D eigenvalue weighted by atomic mass is 35.5. The Kier molecular flexibility index (Phi) is 4.32. The molecule has 1 aromatic carbocycles. The van der Waals surface area contributed by atoms with Crippen LogP contribution in [-0.2, 0) is 0 Å². The fourth-order valence-corrected chi connectivity index (χ4v) is 2.86. The van der Waals surface area contributed by atoms with Gasteiger partial charge in [0, 0.05) is 10.6 Å². The molecule has 1 aliphatic rings. The molecular weight excluding hydrogens is 258 g/mol. The van der Waals surface area contributed by atoms with E-state index in [9.17, 15) is 4.79 Å². The van der Waals surface area contributed by atoms with Crippen LogP contribution in [0.5, 0.6) is 0 Å². The third-order valence-corrected chi connectivity index (χ3v) is 4.54. The highest BCUT2D eigenvalue weighted by Crippen LogP contribution is 2.26.